The number of carbonyl (C=O) groups is 1. The average molecular weight is 445 g/mol. The van der Waals surface area contributed by atoms with Crippen LogP contribution in [0.2, 0.25) is 0 Å². The van der Waals surface area contributed by atoms with Gasteiger partial charge in [-0.3, -0.25) is 9.36 Å². The molecule has 3 atom stereocenters. The molecule has 0 spiro atoms. The number of fused-ring (bicyclic) bond motifs is 1. The Morgan fingerprint density at radius 3 is 2.56 bits per heavy atom. The monoisotopic (exact) mass is 445 g/mol. The number of carbonyl (C=O) groups excluding carboxylic acids is 1. The number of aliphatic hydroxyl groups excluding tert-OH is 1. The van der Waals surface area contributed by atoms with Crippen LogP contribution in [0.1, 0.15) is 58.1 Å². The fraction of sp³-hybridized carbons (Fsp3) is 0.727. The quantitative estimate of drug-likeness (QED) is 0.543. The van der Waals surface area contributed by atoms with E-state index in [0.717, 1.165) is 19.3 Å². The molecule has 0 radical (unpaired) electrons. The molecule has 7 rings (SSSR count). The third kappa shape index (κ3) is 3.02. The number of hydrogen-bond donors (Lipinski definition) is 2. The van der Waals surface area contributed by atoms with E-state index in [1.807, 2.05) is 0 Å². The summed E-state index contributed by atoms with van der Waals surface area (Å²) in [6, 6.07) is 0. The Labute approximate surface area is 184 Å². The van der Waals surface area contributed by atoms with Gasteiger partial charge in [0.15, 0.2) is 17.0 Å². The summed E-state index contributed by atoms with van der Waals surface area (Å²) < 4.78 is 27.2. The molecule has 32 heavy (non-hydrogen) atoms. The maximum Gasteiger partial charge on any atom is 0.312 e. The molecule has 4 aliphatic carbocycles. The molecule has 9 nitrogen and oxygen atoms in total. The van der Waals surface area contributed by atoms with Crippen molar-refractivity contribution in [3.8, 4) is 0 Å². The molecule has 2 aromatic rings. The van der Waals surface area contributed by atoms with Crippen LogP contribution in [0.5, 0.6) is 0 Å². The minimum absolute atomic E-state index is 0.0383. The number of nitrogen functional groups attached to an aromatic ring is 1. The topological polar surface area (TPSA) is 125 Å². The lowest BCUT2D eigenvalue weighted by Crippen LogP contribution is -2.51. The SMILES string of the molecule is C[C@]1(COC(=O)C23CC4CC(CC(C4)C2)C3)O[C@@H](n2cnc3c(N)nc(F)nc32)C[C@@H]1O. The van der Waals surface area contributed by atoms with Gasteiger partial charge in [-0.2, -0.15) is 14.4 Å². The van der Waals surface area contributed by atoms with E-state index in [9.17, 15) is 14.3 Å². The molecule has 5 aliphatic rings. The number of nitrogens with two attached hydrogens (primary N) is 1. The summed E-state index contributed by atoms with van der Waals surface area (Å²) in [7, 11) is 0. The Kier molecular flexibility index (Phi) is 4.33. The zero-order valence-corrected chi connectivity index (χ0v) is 18.0. The number of aliphatic hydroxyl groups is 1. The van der Waals surface area contributed by atoms with Crippen molar-refractivity contribution in [2.24, 2.45) is 23.2 Å². The number of aromatic nitrogens is 4. The predicted octanol–water partition coefficient (Wildman–Crippen LogP) is 2.35. The minimum atomic E-state index is -1.09. The Balaban J connectivity index is 1.18. The summed E-state index contributed by atoms with van der Waals surface area (Å²) in [4.78, 5) is 24.6. The van der Waals surface area contributed by atoms with Gasteiger partial charge in [0, 0.05) is 6.42 Å². The van der Waals surface area contributed by atoms with Gasteiger partial charge in [-0.15, -0.1) is 0 Å². The number of anilines is 1. The second kappa shape index (κ2) is 6.84. The summed E-state index contributed by atoms with van der Waals surface area (Å²) in [6.07, 6.45) is 5.72. The first-order valence-corrected chi connectivity index (χ1v) is 11.4. The van der Waals surface area contributed by atoms with Crippen molar-refractivity contribution in [3.63, 3.8) is 0 Å². The van der Waals surface area contributed by atoms with E-state index < -0.39 is 24.0 Å². The summed E-state index contributed by atoms with van der Waals surface area (Å²) >= 11 is 0. The Morgan fingerprint density at radius 2 is 1.91 bits per heavy atom. The van der Waals surface area contributed by atoms with E-state index >= 15 is 0 Å². The number of nitrogens with zero attached hydrogens (tertiary/aromatic N) is 4. The van der Waals surface area contributed by atoms with Crippen LogP contribution in [0.4, 0.5) is 10.2 Å². The highest BCUT2D eigenvalue weighted by Gasteiger charge is 2.56. The largest absolute Gasteiger partial charge is 0.462 e. The van der Waals surface area contributed by atoms with E-state index in [1.165, 1.54) is 30.2 Å². The standard InChI is InChI=1S/C22H28FN5O4/c1-21(9-31-19(30)22-6-11-2-12(7-22)4-13(3-11)8-22)14(29)5-15(32-21)28-10-25-16-17(24)26-20(23)27-18(16)28/h10-15,29H,2-9H2,1H3,(H2,24,26,27)/t11?,12?,13?,14-,15+,21+,22?/m0/s1. The second-order valence-corrected chi connectivity index (χ2v) is 10.6. The highest BCUT2D eigenvalue weighted by Crippen LogP contribution is 2.60. The summed E-state index contributed by atoms with van der Waals surface area (Å²) in [5.41, 5.74) is 4.76. The molecule has 0 aromatic carbocycles. The van der Waals surface area contributed by atoms with Crippen LogP contribution in [-0.4, -0.2) is 48.9 Å². The van der Waals surface area contributed by atoms with Gasteiger partial charge < -0.3 is 20.3 Å². The fourth-order valence-corrected chi connectivity index (χ4v) is 7.02. The van der Waals surface area contributed by atoms with E-state index in [4.69, 9.17) is 15.2 Å². The molecule has 1 aliphatic heterocycles. The molecule has 0 unspecified atom stereocenters. The first kappa shape index (κ1) is 20.3. The van der Waals surface area contributed by atoms with Crippen LogP contribution in [0.15, 0.2) is 6.33 Å². The molecule has 4 saturated carbocycles. The first-order chi connectivity index (χ1) is 15.2. The molecule has 172 valence electrons. The number of esters is 1. The maximum atomic E-state index is 13.7. The van der Waals surface area contributed by atoms with Crippen molar-refractivity contribution < 1.29 is 23.8 Å². The average Bonchev–Trinajstić information content (AvgIpc) is 3.26. The van der Waals surface area contributed by atoms with Crippen LogP contribution < -0.4 is 5.73 Å². The summed E-state index contributed by atoms with van der Waals surface area (Å²) in [5.74, 6) is 1.73. The number of hydrogen-bond acceptors (Lipinski definition) is 8. The first-order valence-electron chi connectivity index (χ1n) is 11.4. The van der Waals surface area contributed by atoms with Gasteiger partial charge in [0.1, 0.15) is 18.4 Å². The lowest BCUT2D eigenvalue weighted by molar-refractivity contribution is -0.185. The fourth-order valence-electron chi connectivity index (χ4n) is 7.02. The van der Waals surface area contributed by atoms with Crippen molar-refractivity contribution in [1.82, 2.24) is 19.5 Å². The zero-order chi connectivity index (χ0) is 22.3. The van der Waals surface area contributed by atoms with Gasteiger partial charge in [0.25, 0.3) is 0 Å². The normalized spacial score (nSPS) is 40.3. The Morgan fingerprint density at radius 1 is 1.25 bits per heavy atom. The van der Waals surface area contributed by atoms with Gasteiger partial charge in [-0.25, -0.2) is 4.98 Å². The van der Waals surface area contributed by atoms with E-state index in [1.54, 1.807) is 6.92 Å². The zero-order valence-electron chi connectivity index (χ0n) is 18.0. The van der Waals surface area contributed by atoms with Gasteiger partial charge >= 0.3 is 12.0 Å². The predicted molar refractivity (Wildman–Crippen MR) is 110 cm³/mol. The highest BCUT2D eigenvalue weighted by atomic mass is 19.1. The van der Waals surface area contributed by atoms with Crippen LogP contribution in [0.3, 0.4) is 0 Å². The number of rotatable bonds is 4. The van der Waals surface area contributed by atoms with Crippen LogP contribution in [0, 0.1) is 29.2 Å². The minimum Gasteiger partial charge on any atom is -0.462 e. The number of halogens is 1. The van der Waals surface area contributed by atoms with Gasteiger partial charge in [-0.1, -0.05) is 0 Å². The smallest absolute Gasteiger partial charge is 0.312 e. The molecule has 5 fully saturated rings. The van der Waals surface area contributed by atoms with Crippen LogP contribution in [0.25, 0.3) is 11.2 Å². The number of ether oxygens (including phenoxy) is 2. The van der Waals surface area contributed by atoms with Crippen molar-refractivity contribution in [3.05, 3.63) is 12.4 Å². The van der Waals surface area contributed by atoms with Crippen molar-refractivity contribution in [2.45, 2.75) is 69.8 Å². The lowest BCUT2D eigenvalue weighted by atomic mass is 9.49. The summed E-state index contributed by atoms with van der Waals surface area (Å²) in [6.45, 7) is 1.69. The summed E-state index contributed by atoms with van der Waals surface area (Å²) in [5, 5.41) is 10.8. The van der Waals surface area contributed by atoms with Gasteiger partial charge in [0.05, 0.1) is 17.8 Å². The van der Waals surface area contributed by atoms with Gasteiger partial charge in [-0.05, 0) is 63.2 Å². The van der Waals surface area contributed by atoms with Crippen molar-refractivity contribution >= 4 is 23.0 Å². The molecule has 1 saturated heterocycles. The van der Waals surface area contributed by atoms with E-state index in [2.05, 4.69) is 15.0 Å². The Bertz CT molecular complexity index is 1050. The molecule has 4 bridgehead atoms. The third-order valence-corrected chi connectivity index (χ3v) is 8.23. The Hall–Kier alpha value is -2.33. The van der Waals surface area contributed by atoms with Gasteiger partial charge in [0.2, 0.25) is 0 Å². The molecule has 2 aromatic heterocycles. The third-order valence-electron chi connectivity index (χ3n) is 8.23. The molecule has 0 amide bonds. The molecular weight excluding hydrogens is 417 g/mol. The van der Waals surface area contributed by atoms with Crippen molar-refractivity contribution in [1.29, 1.82) is 0 Å². The molecule has 3 heterocycles. The molecule has 10 heteroatoms. The number of imidazole rings is 1. The van der Waals surface area contributed by atoms with Crippen molar-refractivity contribution in [2.75, 3.05) is 12.3 Å². The molecule has 3 N–H and O–H groups in total. The molecular formula is C22H28FN5O4. The maximum absolute atomic E-state index is 13.7. The second-order valence-electron chi connectivity index (χ2n) is 10.6. The van der Waals surface area contributed by atoms with E-state index in [-0.39, 0.29) is 41.4 Å². The highest BCUT2D eigenvalue weighted by molar-refractivity contribution is 5.81. The van der Waals surface area contributed by atoms with Crippen LogP contribution in [-0.2, 0) is 14.3 Å². The van der Waals surface area contributed by atoms with E-state index in [0.29, 0.717) is 17.8 Å². The lowest BCUT2D eigenvalue weighted by Gasteiger charge is -2.55. The van der Waals surface area contributed by atoms with Crippen LogP contribution >= 0.6 is 0 Å².